The maximum absolute atomic E-state index is 13.2. The third-order valence-electron chi connectivity index (χ3n) is 3.94. The fourth-order valence-electron chi connectivity index (χ4n) is 2.65. The molecule has 138 valence electrons. The van der Waals surface area contributed by atoms with E-state index in [-0.39, 0.29) is 23.8 Å². The van der Waals surface area contributed by atoms with Crippen LogP contribution in [0.1, 0.15) is 11.3 Å². The highest BCUT2D eigenvalue weighted by atomic mass is 79.9. The van der Waals surface area contributed by atoms with Crippen LogP contribution in [0.15, 0.2) is 57.8 Å². The largest absolute Gasteiger partial charge is 0.324 e. The molecule has 1 amide bonds. The van der Waals surface area contributed by atoms with Gasteiger partial charge in [-0.2, -0.15) is 0 Å². The standard InChI is InChI=1S/C20H17BrFN3O2/c1-12-3-8-17(16(21)9-12)24-18(26)11-25-19(27)10-13(2)23-20(25)14-4-6-15(22)7-5-14/h3-10H,11H2,1-2H3,(H,24,26). The number of aromatic nitrogens is 2. The lowest BCUT2D eigenvalue weighted by Crippen LogP contribution is -2.29. The van der Waals surface area contributed by atoms with Crippen molar-refractivity contribution < 1.29 is 9.18 Å². The average Bonchev–Trinajstić information content (AvgIpc) is 2.60. The summed E-state index contributed by atoms with van der Waals surface area (Å²) in [6, 6.07) is 12.6. The Morgan fingerprint density at radius 3 is 2.52 bits per heavy atom. The molecule has 0 bridgehead atoms. The van der Waals surface area contributed by atoms with Crippen LogP contribution >= 0.6 is 15.9 Å². The monoisotopic (exact) mass is 429 g/mol. The summed E-state index contributed by atoms with van der Waals surface area (Å²) < 4.78 is 15.3. The molecular formula is C20H17BrFN3O2. The Morgan fingerprint density at radius 1 is 1.15 bits per heavy atom. The maximum Gasteiger partial charge on any atom is 0.254 e. The van der Waals surface area contributed by atoms with Crippen LogP contribution in [0.2, 0.25) is 0 Å². The van der Waals surface area contributed by atoms with Crippen LogP contribution in [-0.2, 0) is 11.3 Å². The summed E-state index contributed by atoms with van der Waals surface area (Å²) in [5.74, 6) is -0.434. The molecule has 27 heavy (non-hydrogen) atoms. The summed E-state index contributed by atoms with van der Waals surface area (Å²) in [4.78, 5) is 29.3. The topological polar surface area (TPSA) is 64.0 Å². The normalized spacial score (nSPS) is 10.7. The SMILES string of the molecule is Cc1ccc(NC(=O)Cn2c(-c3ccc(F)cc3)nc(C)cc2=O)c(Br)c1. The van der Waals surface area contributed by atoms with Crippen molar-refractivity contribution in [2.45, 2.75) is 20.4 Å². The predicted octanol–water partition coefficient (Wildman–Crippen LogP) is 4.07. The fraction of sp³-hybridized carbons (Fsp3) is 0.150. The number of carbonyl (C=O) groups excluding carboxylic acids is 1. The van der Waals surface area contributed by atoms with Crippen molar-refractivity contribution in [1.82, 2.24) is 9.55 Å². The predicted molar refractivity (Wildman–Crippen MR) is 106 cm³/mol. The highest BCUT2D eigenvalue weighted by molar-refractivity contribution is 9.10. The Kier molecular flexibility index (Phi) is 5.51. The number of hydrogen-bond acceptors (Lipinski definition) is 3. The number of benzene rings is 2. The van der Waals surface area contributed by atoms with E-state index in [2.05, 4.69) is 26.2 Å². The molecule has 0 fully saturated rings. The quantitative estimate of drug-likeness (QED) is 0.679. The third-order valence-corrected chi connectivity index (χ3v) is 4.60. The minimum absolute atomic E-state index is 0.209. The zero-order chi connectivity index (χ0) is 19.6. The second-order valence-corrected chi connectivity index (χ2v) is 7.04. The minimum Gasteiger partial charge on any atom is -0.324 e. The van der Waals surface area contributed by atoms with E-state index in [9.17, 15) is 14.0 Å². The van der Waals surface area contributed by atoms with Gasteiger partial charge < -0.3 is 5.32 Å². The molecule has 0 unspecified atom stereocenters. The van der Waals surface area contributed by atoms with Crippen LogP contribution in [0.5, 0.6) is 0 Å². The molecule has 0 aliphatic carbocycles. The van der Waals surface area contributed by atoms with Crippen molar-refractivity contribution in [2.75, 3.05) is 5.32 Å². The molecule has 1 N–H and O–H groups in total. The molecule has 7 heteroatoms. The molecule has 2 aromatic carbocycles. The van der Waals surface area contributed by atoms with Crippen molar-refractivity contribution in [3.63, 3.8) is 0 Å². The van der Waals surface area contributed by atoms with Crippen LogP contribution in [0.4, 0.5) is 10.1 Å². The summed E-state index contributed by atoms with van der Waals surface area (Å²) in [6.07, 6.45) is 0. The highest BCUT2D eigenvalue weighted by Gasteiger charge is 2.14. The lowest BCUT2D eigenvalue weighted by atomic mass is 10.2. The van der Waals surface area contributed by atoms with Crippen LogP contribution in [0.25, 0.3) is 11.4 Å². The number of carbonyl (C=O) groups is 1. The van der Waals surface area contributed by atoms with E-state index < -0.39 is 0 Å². The van der Waals surface area contributed by atoms with Crippen molar-refractivity contribution in [3.05, 3.63) is 80.4 Å². The Morgan fingerprint density at radius 2 is 1.85 bits per heavy atom. The number of nitrogens with one attached hydrogen (secondary N) is 1. The van der Waals surface area contributed by atoms with E-state index >= 15 is 0 Å². The van der Waals surface area contributed by atoms with Gasteiger partial charge in [0.05, 0.1) is 5.69 Å². The summed E-state index contributed by atoms with van der Waals surface area (Å²) in [5, 5.41) is 2.78. The molecule has 3 aromatic rings. The van der Waals surface area contributed by atoms with Gasteiger partial charge in [0.25, 0.3) is 5.56 Å². The van der Waals surface area contributed by atoms with Gasteiger partial charge in [-0.25, -0.2) is 9.37 Å². The van der Waals surface area contributed by atoms with Crippen LogP contribution in [0, 0.1) is 19.7 Å². The highest BCUT2D eigenvalue weighted by Crippen LogP contribution is 2.23. The molecule has 0 radical (unpaired) electrons. The van der Waals surface area contributed by atoms with Crippen LogP contribution in [-0.4, -0.2) is 15.5 Å². The smallest absolute Gasteiger partial charge is 0.254 e. The molecule has 0 saturated heterocycles. The van der Waals surface area contributed by atoms with Gasteiger partial charge in [-0.05, 0) is 71.7 Å². The summed E-state index contributed by atoms with van der Waals surface area (Å²) in [5.41, 5.74) is 2.40. The zero-order valence-corrected chi connectivity index (χ0v) is 16.4. The Hall–Kier alpha value is -2.80. The van der Waals surface area contributed by atoms with Gasteiger partial charge in [0.15, 0.2) is 0 Å². The first kappa shape index (κ1) is 19.0. The van der Waals surface area contributed by atoms with E-state index in [1.165, 1.54) is 34.9 Å². The van der Waals surface area contributed by atoms with Crippen LogP contribution in [0.3, 0.4) is 0 Å². The molecule has 1 heterocycles. The van der Waals surface area contributed by atoms with Crippen molar-refractivity contribution in [1.29, 1.82) is 0 Å². The molecule has 0 aliphatic rings. The average molecular weight is 430 g/mol. The number of halogens is 2. The molecule has 0 spiro atoms. The van der Waals surface area contributed by atoms with Crippen molar-refractivity contribution >= 4 is 27.5 Å². The second kappa shape index (κ2) is 7.84. The number of anilines is 1. The summed E-state index contributed by atoms with van der Waals surface area (Å²) in [7, 11) is 0. The maximum atomic E-state index is 13.2. The summed E-state index contributed by atoms with van der Waals surface area (Å²) >= 11 is 3.41. The Balaban J connectivity index is 1.93. The van der Waals surface area contributed by atoms with E-state index in [0.29, 0.717) is 22.8 Å². The minimum atomic E-state index is -0.387. The number of rotatable bonds is 4. The molecule has 0 atom stereocenters. The lowest BCUT2D eigenvalue weighted by Gasteiger charge is -2.14. The molecular weight excluding hydrogens is 413 g/mol. The zero-order valence-electron chi connectivity index (χ0n) is 14.8. The fourth-order valence-corrected chi connectivity index (χ4v) is 3.24. The van der Waals surface area contributed by atoms with Gasteiger partial charge in [-0.1, -0.05) is 6.07 Å². The molecule has 0 aliphatic heterocycles. The van der Waals surface area contributed by atoms with Gasteiger partial charge in [-0.15, -0.1) is 0 Å². The van der Waals surface area contributed by atoms with Gasteiger partial charge in [0.2, 0.25) is 5.91 Å². The lowest BCUT2D eigenvalue weighted by molar-refractivity contribution is -0.116. The van der Waals surface area contributed by atoms with Gasteiger partial charge >= 0.3 is 0 Å². The van der Waals surface area contributed by atoms with E-state index in [0.717, 1.165) is 10.0 Å². The molecule has 0 saturated carbocycles. The molecule has 3 rings (SSSR count). The van der Waals surface area contributed by atoms with Crippen LogP contribution < -0.4 is 10.9 Å². The van der Waals surface area contributed by atoms with Gasteiger partial charge in [0.1, 0.15) is 18.2 Å². The number of hydrogen-bond donors (Lipinski definition) is 1. The van der Waals surface area contributed by atoms with E-state index in [4.69, 9.17) is 0 Å². The first-order valence-corrected chi connectivity index (χ1v) is 9.03. The first-order chi connectivity index (χ1) is 12.8. The number of amides is 1. The number of aryl methyl sites for hydroxylation is 2. The van der Waals surface area contributed by atoms with Crippen molar-refractivity contribution in [2.24, 2.45) is 0 Å². The molecule has 1 aromatic heterocycles. The van der Waals surface area contributed by atoms with E-state index in [1.807, 2.05) is 19.1 Å². The molecule has 5 nitrogen and oxygen atoms in total. The summed E-state index contributed by atoms with van der Waals surface area (Å²) in [6.45, 7) is 3.43. The third kappa shape index (κ3) is 4.49. The Bertz CT molecular complexity index is 1060. The second-order valence-electron chi connectivity index (χ2n) is 6.18. The van der Waals surface area contributed by atoms with Gasteiger partial charge in [0, 0.05) is 21.8 Å². The first-order valence-electron chi connectivity index (χ1n) is 8.24. The Labute approximate surface area is 164 Å². The van der Waals surface area contributed by atoms with E-state index in [1.54, 1.807) is 13.0 Å². The number of nitrogens with zero attached hydrogens (tertiary/aromatic N) is 2. The van der Waals surface area contributed by atoms with Gasteiger partial charge in [-0.3, -0.25) is 14.2 Å². The van der Waals surface area contributed by atoms with Crippen molar-refractivity contribution in [3.8, 4) is 11.4 Å².